The summed E-state index contributed by atoms with van der Waals surface area (Å²) < 4.78 is 18.3. The third-order valence-electron chi connectivity index (χ3n) is 3.89. The molecule has 29 heavy (non-hydrogen) atoms. The second kappa shape index (κ2) is 9.83. The van der Waals surface area contributed by atoms with E-state index in [4.69, 9.17) is 4.42 Å². The molecule has 1 heterocycles. The van der Waals surface area contributed by atoms with E-state index in [1.807, 2.05) is 31.2 Å². The van der Waals surface area contributed by atoms with Crippen molar-refractivity contribution >= 4 is 23.6 Å². The fourth-order valence-corrected chi connectivity index (χ4v) is 2.92. The van der Waals surface area contributed by atoms with Crippen molar-refractivity contribution in [2.24, 2.45) is 0 Å². The Morgan fingerprint density at radius 3 is 2.45 bits per heavy atom. The number of aryl methyl sites for hydroxylation is 1. The van der Waals surface area contributed by atoms with Gasteiger partial charge < -0.3 is 15.1 Å². The highest BCUT2D eigenvalue weighted by Crippen LogP contribution is 2.16. The maximum absolute atomic E-state index is 12.9. The van der Waals surface area contributed by atoms with Gasteiger partial charge in [0, 0.05) is 12.1 Å². The van der Waals surface area contributed by atoms with Crippen LogP contribution in [0, 0.1) is 12.7 Å². The number of carbonyl (C=O) groups excluding carboxylic acids is 2. The van der Waals surface area contributed by atoms with Gasteiger partial charge in [-0.2, -0.15) is 0 Å². The summed E-state index contributed by atoms with van der Waals surface area (Å²) in [5.74, 6) is -0.603. The highest BCUT2D eigenvalue weighted by Gasteiger charge is 2.11. The van der Waals surface area contributed by atoms with Crippen LogP contribution in [0.25, 0.3) is 0 Å². The molecule has 9 heteroatoms. The molecule has 0 aliphatic rings. The molecule has 0 aliphatic carbocycles. The van der Waals surface area contributed by atoms with Crippen LogP contribution in [-0.2, 0) is 17.9 Å². The smallest absolute Gasteiger partial charge is 0.277 e. The number of nitrogens with one attached hydrogen (secondary N) is 2. The van der Waals surface area contributed by atoms with Crippen molar-refractivity contribution in [2.45, 2.75) is 25.2 Å². The molecule has 2 amide bonds. The molecule has 3 aromatic rings. The van der Waals surface area contributed by atoms with E-state index < -0.39 is 5.82 Å². The second-order valence-electron chi connectivity index (χ2n) is 6.20. The summed E-state index contributed by atoms with van der Waals surface area (Å²) in [5, 5.41) is 13.3. The van der Waals surface area contributed by atoms with Crippen molar-refractivity contribution in [2.75, 3.05) is 5.75 Å². The zero-order chi connectivity index (χ0) is 20.6. The Bertz CT molecular complexity index is 974. The van der Waals surface area contributed by atoms with E-state index in [0.29, 0.717) is 12.1 Å². The van der Waals surface area contributed by atoms with Crippen molar-refractivity contribution in [1.82, 2.24) is 20.8 Å². The Balaban J connectivity index is 1.40. The minimum Gasteiger partial charge on any atom is -0.414 e. The molecule has 0 unspecified atom stereocenters. The molecule has 2 N–H and O–H groups in total. The number of carbonyl (C=O) groups is 2. The van der Waals surface area contributed by atoms with E-state index in [0.717, 1.165) is 22.9 Å². The number of benzene rings is 2. The molecule has 0 saturated heterocycles. The van der Waals surface area contributed by atoms with Crippen LogP contribution in [0.5, 0.6) is 0 Å². The van der Waals surface area contributed by atoms with Crippen molar-refractivity contribution in [3.05, 3.63) is 76.9 Å². The lowest BCUT2D eigenvalue weighted by Gasteiger charge is -2.04. The Morgan fingerprint density at radius 1 is 1.00 bits per heavy atom. The van der Waals surface area contributed by atoms with Gasteiger partial charge in [-0.25, -0.2) is 4.39 Å². The number of halogens is 1. The second-order valence-corrected chi connectivity index (χ2v) is 7.13. The van der Waals surface area contributed by atoms with E-state index in [2.05, 4.69) is 20.8 Å². The fourth-order valence-electron chi connectivity index (χ4n) is 2.31. The lowest BCUT2D eigenvalue weighted by molar-refractivity contribution is -0.118. The highest BCUT2D eigenvalue weighted by atomic mass is 32.2. The first-order valence-corrected chi connectivity index (χ1v) is 9.79. The summed E-state index contributed by atoms with van der Waals surface area (Å²) in [6, 6.07) is 13.1. The van der Waals surface area contributed by atoms with E-state index >= 15 is 0 Å². The first kappa shape index (κ1) is 20.5. The number of amides is 2. The van der Waals surface area contributed by atoms with Gasteiger partial charge in [-0.15, -0.1) is 10.2 Å². The average Bonchev–Trinajstić information content (AvgIpc) is 3.18. The Hall–Kier alpha value is -3.20. The molecule has 0 saturated carbocycles. The molecule has 1 aromatic heterocycles. The summed E-state index contributed by atoms with van der Waals surface area (Å²) in [5.41, 5.74) is 2.51. The molecule has 0 radical (unpaired) electrons. The Kier molecular flexibility index (Phi) is 6.96. The van der Waals surface area contributed by atoms with Crippen molar-refractivity contribution in [1.29, 1.82) is 0 Å². The summed E-state index contributed by atoms with van der Waals surface area (Å²) in [4.78, 5) is 23.9. The molecule has 0 fully saturated rings. The number of nitrogens with zero attached hydrogens (tertiary/aromatic N) is 2. The van der Waals surface area contributed by atoms with Gasteiger partial charge in [0.2, 0.25) is 11.8 Å². The van der Waals surface area contributed by atoms with E-state index in [1.54, 1.807) is 0 Å². The van der Waals surface area contributed by atoms with Gasteiger partial charge in [-0.3, -0.25) is 9.59 Å². The molecule has 2 aromatic carbocycles. The van der Waals surface area contributed by atoms with Crippen LogP contribution in [-0.4, -0.2) is 27.8 Å². The molecule has 0 spiro atoms. The zero-order valence-electron chi connectivity index (χ0n) is 15.6. The molecular weight excluding hydrogens is 395 g/mol. The van der Waals surface area contributed by atoms with Crippen LogP contribution >= 0.6 is 11.8 Å². The van der Waals surface area contributed by atoms with Crippen LogP contribution in [0.4, 0.5) is 4.39 Å². The van der Waals surface area contributed by atoms with Crippen LogP contribution in [0.3, 0.4) is 0 Å². The topological polar surface area (TPSA) is 97.1 Å². The maximum Gasteiger partial charge on any atom is 0.277 e. The standard InChI is InChI=1S/C20H19FN4O3S/c1-13-2-4-14(5-3-13)10-22-17(26)12-29-20-25-24-18(28-20)11-23-19(27)15-6-8-16(21)9-7-15/h2-9H,10-12H2,1H3,(H,22,26)(H,23,27). The highest BCUT2D eigenvalue weighted by molar-refractivity contribution is 7.99. The molecule has 150 valence electrons. The average molecular weight is 414 g/mol. The minimum absolute atomic E-state index is 0.0311. The molecular formula is C20H19FN4O3S. The number of hydrogen-bond donors (Lipinski definition) is 2. The first-order chi connectivity index (χ1) is 14.0. The van der Waals surface area contributed by atoms with E-state index in [9.17, 15) is 14.0 Å². The Labute approximate surface area is 171 Å². The molecule has 7 nitrogen and oxygen atoms in total. The van der Waals surface area contributed by atoms with Crippen LogP contribution in [0.1, 0.15) is 27.4 Å². The van der Waals surface area contributed by atoms with Gasteiger partial charge in [-0.1, -0.05) is 41.6 Å². The first-order valence-electron chi connectivity index (χ1n) is 8.81. The van der Waals surface area contributed by atoms with Crippen molar-refractivity contribution < 1.29 is 18.4 Å². The maximum atomic E-state index is 12.9. The lowest BCUT2D eigenvalue weighted by atomic mass is 10.1. The largest absolute Gasteiger partial charge is 0.414 e. The summed E-state index contributed by atoms with van der Waals surface area (Å²) in [7, 11) is 0. The quantitative estimate of drug-likeness (QED) is 0.550. The number of rotatable bonds is 8. The lowest BCUT2D eigenvalue weighted by Crippen LogP contribution is -2.24. The van der Waals surface area contributed by atoms with Gasteiger partial charge in [-0.05, 0) is 36.8 Å². The monoisotopic (exact) mass is 414 g/mol. The van der Waals surface area contributed by atoms with E-state index in [1.165, 1.54) is 24.3 Å². The van der Waals surface area contributed by atoms with Crippen LogP contribution < -0.4 is 10.6 Å². The normalized spacial score (nSPS) is 10.6. The third-order valence-corrected chi connectivity index (χ3v) is 4.71. The van der Waals surface area contributed by atoms with Gasteiger partial charge >= 0.3 is 0 Å². The predicted octanol–water partition coefficient (Wildman–Crippen LogP) is 2.86. The molecule has 0 atom stereocenters. The number of thioether (sulfide) groups is 1. The van der Waals surface area contributed by atoms with Crippen LogP contribution in [0.15, 0.2) is 58.2 Å². The fraction of sp³-hybridized carbons (Fsp3) is 0.200. The molecule has 0 bridgehead atoms. The number of aromatic nitrogens is 2. The van der Waals surface area contributed by atoms with Gasteiger partial charge in [0.15, 0.2) is 0 Å². The van der Waals surface area contributed by atoms with Gasteiger partial charge in [0.1, 0.15) is 5.82 Å². The Morgan fingerprint density at radius 2 is 1.72 bits per heavy atom. The van der Waals surface area contributed by atoms with Crippen molar-refractivity contribution in [3.63, 3.8) is 0 Å². The summed E-state index contributed by atoms with van der Waals surface area (Å²) in [6.45, 7) is 2.49. The third kappa shape index (κ3) is 6.42. The molecule has 3 rings (SSSR count). The summed E-state index contributed by atoms with van der Waals surface area (Å²) in [6.07, 6.45) is 0. The number of hydrogen-bond acceptors (Lipinski definition) is 6. The summed E-state index contributed by atoms with van der Waals surface area (Å²) >= 11 is 1.11. The van der Waals surface area contributed by atoms with E-state index in [-0.39, 0.29) is 35.2 Å². The SMILES string of the molecule is Cc1ccc(CNC(=O)CSc2nnc(CNC(=O)c3ccc(F)cc3)o2)cc1. The van der Waals surface area contributed by atoms with Gasteiger partial charge in [0.05, 0.1) is 12.3 Å². The van der Waals surface area contributed by atoms with Gasteiger partial charge in [0.25, 0.3) is 11.1 Å². The van der Waals surface area contributed by atoms with Crippen molar-refractivity contribution in [3.8, 4) is 0 Å². The van der Waals surface area contributed by atoms with Crippen LogP contribution in [0.2, 0.25) is 0 Å². The predicted molar refractivity (Wildman–Crippen MR) is 106 cm³/mol. The minimum atomic E-state index is -0.414. The zero-order valence-corrected chi connectivity index (χ0v) is 16.5. The molecule has 0 aliphatic heterocycles.